The zero-order valence-corrected chi connectivity index (χ0v) is 10.9. The molecule has 0 aromatic heterocycles. The minimum absolute atomic E-state index is 0.0391. The van der Waals surface area contributed by atoms with Gasteiger partial charge in [0.1, 0.15) is 0 Å². The quantitative estimate of drug-likeness (QED) is 0.670. The fraction of sp³-hybridized carbons (Fsp3) is 0.462. The largest absolute Gasteiger partial charge is 0.381 e. The topological polar surface area (TPSA) is 81.5 Å². The van der Waals surface area contributed by atoms with Crippen LogP contribution in [0.2, 0.25) is 0 Å². The number of aryl methyl sites for hydroxylation is 2. The summed E-state index contributed by atoms with van der Waals surface area (Å²) in [6.07, 6.45) is 0.719. The maximum absolute atomic E-state index is 12.0. The summed E-state index contributed by atoms with van der Waals surface area (Å²) in [5, 5.41) is 13.6. The van der Waals surface area contributed by atoms with Crippen molar-refractivity contribution in [2.45, 2.75) is 20.3 Å². The molecular formula is C13H16N2O4. The van der Waals surface area contributed by atoms with E-state index in [-0.39, 0.29) is 17.5 Å². The minimum atomic E-state index is -0.434. The van der Waals surface area contributed by atoms with E-state index in [4.69, 9.17) is 4.74 Å². The molecule has 0 aliphatic carbocycles. The molecule has 1 saturated heterocycles. The summed E-state index contributed by atoms with van der Waals surface area (Å²) in [6.45, 7) is 4.55. The number of ether oxygens (including phenoxy) is 1. The Labute approximate surface area is 110 Å². The first-order valence-corrected chi connectivity index (χ1v) is 6.13. The monoisotopic (exact) mass is 264 g/mol. The van der Waals surface area contributed by atoms with Gasteiger partial charge in [0.15, 0.2) is 0 Å². The van der Waals surface area contributed by atoms with Crippen molar-refractivity contribution < 1.29 is 14.5 Å². The predicted molar refractivity (Wildman–Crippen MR) is 70.1 cm³/mol. The third-order valence-corrected chi connectivity index (χ3v) is 3.28. The molecule has 1 atom stereocenters. The average Bonchev–Trinajstić information content (AvgIpc) is 2.86. The summed E-state index contributed by atoms with van der Waals surface area (Å²) in [5.74, 6) is -0.216. The van der Waals surface area contributed by atoms with Gasteiger partial charge in [0, 0.05) is 24.4 Å². The summed E-state index contributed by atoms with van der Waals surface area (Å²) in [4.78, 5) is 22.3. The van der Waals surface area contributed by atoms with Gasteiger partial charge in [-0.2, -0.15) is 0 Å². The van der Waals surface area contributed by atoms with Crippen molar-refractivity contribution in [3.8, 4) is 0 Å². The van der Waals surface area contributed by atoms with Gasteiger partial charge in [0.2, 0.25) is 5.91 Å². The lowest BCUT2D eigenvalue weighted by molar-refractivity contribution is -0.384. The van der Waals surface area contributed by atoms with Gasteiger partial charge >= 0.3 is 0 Å². The number of amides is 1. The van der Waals surface area contributed by atoms with Gasteiger partial charge < -0.3 is 10.1 Å². The first kappa shape index (κ1) is 13.5. The summed E-state index contributed by atoms with van der Waals surface area (Å²) < 4.78 is 5.18. The number of anilines is 1. The van der Waals surface area contributed by atoms with E-state index in [0.717, 1.165) is 6.42 Å². The lowest BCUT2D eigenvalue weighted by atomic mass is 10.0. The van der Waals surface area contributed by atoms with E-state index < -0.39 is 4.92 Å². The molecule has 19 heavy (non-hydrogen) atoms. The number of nitro benzene ring substituents is 1. The molecule has 0 radical (unpaired) electrons. The second-order valence-corrected chi connectivity index (χ2v) is 4.76. The Morgan fingerprint density at radius 3 is 2.53 bits per heavy atom. The van der Waals surface area contributed by atoms with Gasteiger partial charge in [0.05, 0.1) is 17.4 Å². The number of hydrogen-bond acceptors (Lipinski definition) is 4. The third kappa shape index (κ3) is 2.90. The Balaban J connectivity index is 2.20. The van der Waals surface area contributed by atoms with Crippen molar-refractivity contribution in [1.82, 2.24) is 0 Å². The zero-order chi connectivity index (χ0) is 14.0. The number of benzene rings is 1. The van der Waals surface area contributed by atoms with E-state index in [1.165, 1.54) is 12.1 Å². The number of nitrogens with zero attached hydrogens (tertiary/aromatic N) is 1. The SMILES string of the molecule is Cc1cc([N+](=O)[O-])cc(C)c1NC(=O)C1CCOC1. The van der Waals surface area contributed by atoms with E-state index in [9.17, 15) is 14.9 Å². The van der Waals surface area contributed by atoms with E-state index in [1.54, 1.807) is 13.8 Å². The van der Waals surface area contributed by atoms with Crippen molar-refractivity contribution >= 4 is 17.3 Å². The lowest BCUT2D eigenvalue weighted by Crippen LogP contribution is -2.23. The van der Waals surface area contributed by atoms with Crippen LogP contribution in [0.5, 0.6) is 0 Å². The molecule has 1 aliphatic rings. The summed E-state index contributed by atoms with van der Waals surface area (Å²) >= 11 is 0. The Bertz CT molecular complexity index is 498. The van der Waals surface area contributed by atoms with Crippen molar-refractivity contribution in [1.29, 1.82) is 0 Å². The summed E-state index contributed by atoms with van der Waals surface area (Å²) in [5.41, 5.74) is 2.08. The molecule has 1 aliphatic heterocycles. The Morgan fingerprint density at radius 1 is 1.42 bits per heavy atom. The average molecular weight is 264 g/mol. The molecule has 0 bridgehead atoms. The molecule has 0 spiro atoms. The van der Waals surface area contributed by atoms with Crippen LogP contribution in [0.25, 0.3) is 0 Å². The molecule has 0 saturated carbocycles. The van der Waals surface area contributed by atoms with Crippen molar-refractivity contribution in [2.75, 3.05) is 18.5 Å². The second-order valence-electron chi connectivity index (χ2n) is 4.76. The Morgan fingerprint density at radius 2 is 2.05 bits per heavy atom. The normalized spacial score (nSPS) is 18.3. The molecule has 6 nitrogen and oxygen atoms in total. The van der Waals surface area contributed by atoms with Crippen LogP contribution in [0.3, 0.4) is 0 Å². The van der Waals surface area contributed by atoms with Crippen LogP contribution in [-0.4, -0.2) is 24.0 Å². The molecule has 1 aromatic carbocycles. The number of carbonyl (C=O) groups excluding carboxylic acids is 1. The molecule has 1 heterocycles. The molecule has 2 rings (SSSR count). The molecule has 1 N–H and O–H groups in total. The number of nitro groups is 1. The van der Waals surface area contributed by atoms with E-state index in [2.05, 4.69) is 5.32 Å². The van der Waals surface area contributed by atoms with Crippen LogP contribution in [0.1, 0.15) is 17.5 Å². The van der Waals surface area contributed by atoms with Crippen molar-refractivity contribution in [3.05, 3.63) is 33.4 Å². The highest BCUT2D eigenvalue weighted by atomic mass is 16.6. The van der Waals surface area contributed by atoms with Crippen LogP contribution in [0.4, 0.5) is 11.4 Å². The van der Waals surface area contributed by atoms with Crippen LogP contribution in [0, 0.1) is 29.9 Å². The molecule has 1 aromatic rings. The maximum Gasteiger partial charge on any atom is 0.270 e. The molecule has 102 valence electrons. The number of nitrogens with one attached hydrogen (secondary N) is 1. The predicted octanol–water partition coefficient (Wildman–Crippen LogP) is 2.19. The zero-order valence-electron chi connectivity index (χ0n) is 10.9. The van der Waals surface area contributed by atoms with Gasteiger partial charge in [-0.25, -0.2) is 0 Å². The minimum Gasteiger partial charge on any atom is -0.381 e. The van der Waals surface area contributed by atoms with E-state index in [0.29, 0.717) is 30.0 Å². The molecule has 1 amide bonds. The molecule has 6 heteroatoms. The van der Waals surface area contributed by atoms with Gasteiger partial charge in [-0.1, -0.05) is 0 Å². The smallest absolute Gasteiger partial charge is 0.270 e. The lowest BCUT2D eigenvalue weighted by Gasteiger charge is -2.14. The fourth-order valence-electron chi connectivity index (χ4n) is 2.21. The molecule has 1 unspecified atom stereocenters. The number of hydrogen-bond donors (Lipinski definition) is 1. The maximum atomic E-state index is 12.0. The first-order chi connectivity index (χ1) is 8.99. The summed E-state index contributed by atoms with van der Waals surface area (Å²) in [7, 11) is 0. The van der Waals surface area contributed by atoms with E-state index >= 15 is 0 Å². The van der Waals surface area contributed by atoms with Crippen LogP contribution in [-0.2, 0) is 9.53 Å². The number of non-ortho nitro benzene ring substituents is 1. The fourth-order valence-corrected chi connectivity index (χ4v) is 2.21. The third-order valence-electron chi connectivity index (χ3n) is 3.28. The van der Waals surface area contributed by atoms with E-state index in [1.807, 2.05) is 0 Å². The molecular weight excluding hydrogens is 248 g/mol. The summed E-state index contributed by atoms with van der Waals surface area (Å²) in [6, 6.07) is 2.93. The number of carbonyl (C=O) groups is 1. The first-order valence-electron chi connectivity index (χ1n) is 6.13. The van der Waals surface area contributed by atoms with Crippen molar-refractivity contribution in [2.24, 2.45) is 5.92 Å². The highest BCUT2D eigenvalue weighted by molar-refractivity contribution is 5.94. The highest BCUT2D eigenvalue weighted by Gasteiger charge is 2.24. The van der Waals surface area contributed by atoms with Crippen LogP contribution < -0.4 is 5.32 Å². The molecule has 1 fully saturated rings. The van der Waals surface area contributed by atoms with Gasteiger partial charge in [-0.3, -0.25) is 14.9 Å². The van der Waals surface area contributed by atoms with Crippen LogP contribution >= 0.6 is 0 Å². The van der Waals surface area contributed by atoms with Gasteiger partial charge in [0.25, 0.3) is 5.69 Å². The Hall–Kier alpha value is -1.95. The van der Waals surface area contributed by atoms with Gasteiger partial charge in [-0.15, -0.1) is 0 Å². The van der Waals surface area contributed by atoms with Crippen LogP contribution in [0.15, 0.2) is 12.1 Å². The highest BCUT2D eigenvalue weighted by Crippen LogP contribution is 2.27. The van der Waals surface area contributed by atoms with Crippen molar-refractivity contribution in [3.63, 3.8) is 0 Å². The number of rotatable bonds is 3. The standard InChI is InChI=1S/C13H16N2O4/c1-8-5-11(15(17)18)6-9(2)12(8)14-13(16)10-3-4-19-7-10/h5-6,10H,3-4,7H2,1-2H3,(H,14,16). The Kier molecular flexibility index (Phi) is 3.80. The van der Waals surface area contributed by atoms with Gasteiger partial charge in [-0.05, 0) is 31.4 Å². The second kappa shape index (κ2) is 5.36.